The summed E-state index contributed by atoms with van der Waals surface area (Å²) in [6, 6.07) is 7.65. The maximum Gasteiger partial charge on any atom is 0.239 e. The van der Waals surface area contributed by atoms with Crippen molar-refractivity contribution in [2.45, 2.75) is 104 Å². The Morgan fingerprint density at radius 3 is 1.81 bits per heavy atom. The van der Waals surface area contributed by atoms with Crippen LogP contribution in [0.2, 0.25) is 0 Å². The molecule has 1 aromatic rings. The number of benzene rings is 1. The quantitative estimate of drug-likeness (QED) is 0.151. The second-order valence-electron chi connectivity index (χ2n) is 9.07. The van der Waals surface area contributed by atoms with Gasteiger partial charge in [0, 0.05) is 12.2 Å². The van der Waals surface area contributed by atoms with Crippen molar-refractivity contribution < 1.29 is 9.53 Å². The van der Waals surface area contributed by atoms with E-state index in [2.05, 4.69) is 24.1 Å². The Hall–Kier alpha value is -1.97. The molecule has 0 unspecified atom stereocenters. The maximum atomic E-state index is 12.0. The maximum absolute atomic E-state index is 12.0. The van der Waals surface area contributed by atoms with Crippen LogP contribution in [0.1, 0.15) is 104 Å². The second-order valence-corrected chi connectivity index (χ2v) is 9.07. The van der Waals surface area contributed by atoms with Crippen LogP contribution in [0.25, 0.3) is 0 Å². The minimum absolute atomic E-state index is 0.0438. The molecule has 4 heteroatoms. The standard InChI is InChI=1S/C28H48N2O2/c1-4-5-6-7-8-9-10-11-12-13-14-15-16-17-22-29-28(31)23-30-26-18-20-27(21-19-26)32-24-25(2)3/h18-21,30H,2,4-17,22-24H2,1,3H3,(H,29,31). The van der Waals surface area contributed by atoms with Crippen LogP contribution in [0.4, 0.5) is 5.69 Å². The fourth-order valence-corrected chi connectivity index (χ4v) is 3.67. The zero-order valence-corrected chi connectivity index (χ0v) is 20.9. The van der Waals surface area contributed by atoms with Gasteiger partial charge in [-0.2, -0.15) is 0 Å². The van der Waals surface area contributed by atoms with E-state index in [0.717, 1.165) is 30.0 Å². The van der Waals surface area contributed by atoms with Crippen molar-refractivity contribution in [1.82, 2.24) is 5.32 Å². The SMILES string of the molecule is C=C(C)COc1ccc(NCC(=O)NCCCCCCCCCCCCCCCC)cc1. The Balaban J connectivity index is 1.89. The van der Waals surface area contributed by atoms with E-state index in [1.807, 2.05) is 31.2 Å². The summed E-state index contributed by atoms with van der Waals surface area (Å²) < 4.78 is 5.58. The minimum atomic E-state index is 0.0438. The number of carbonyl (C=O) groups is 1. The summed E-state index contributed by atoms with van der Waals surface area (Å²) in [5.74, 6) is 0.850. The zero-order chi connectivity index (χ0) is 23.3. The summed E-state index contributed by atoms with van der Waals surface area (Å²) in [4.78, 5) is 12.0. The van der Waals surface area contributed by atoms with Crippen LogP contribution in [-0.4, -0.2) is 25.6 Å². The molecule has 1 rings (SSSR count). The van der Waals surface area contributed by atoms with Gasteiger partial charge in [-0.15, -0.1) is 0 Å². The van der Waals surface area contributed by atoms with E-state index in [9.17, 15) is 4.79 Å². The highest BCUT2D eigenvalue weighted by Gasteiger charge is 2.01. The lowest BCUT2D eigenvalue weighted by atomic mass is 10.0. The van der Waals surface area contributed by atoms with E-state index in [1.54, 1.807) is 0 Å². The van der Waals surface area contributed by atoms with Crippen molar-refractivity contribution >= 4 is 11.6 Å². The van der Waals surface area contributed by atoms with Crippen molar-refractivity contribution in [3.8, 4) is 5.75 Å². The van der Waals surface area contributed by atoms with Gasteiger partial charge >= 0.3 is 0 Å². The molecule has 0 spiro atoms. The van der Waals surface area contributed by atoms with Crippen LogP contribution in [0.3, 0.4) is 0 Å². The molecule has 0 saturated heterocycles. The Morgan fingerprint density at radius 1 is 0.812 bits per heavy atom. The predicted molar refractivity (Wildman–Crippen MR) is 139 cm³/mol. The molecule has 182 valence electrons. The lowest BCUT2D eigenvalue weighted by Crippen LogP contribution is -2.30. The molecule has 0 atom stereocenters. The van der Waals surface area contributed by atoms with Gasteiger partial charge in [0.2, 0.25) is 5.91 Å². The molecule has 0 fully saturated rings. The van der Waals surface area contributed by atoms with E-state index in [1.165, 1.54) is 83.5 Å². The van der Waals surface area contributed by atoms with Gasteiger partial charge < -0.3 is 15.4 Å². The summed E-state index contributed by atoms with van der Waals surface area (Å²) in [6.07, 6.45) is 18.9. The van der Waals surface area contributed by atoms with Crippen LogP contribution in [-0.2, 0) is 4.79 Å². The number of anilines is 1. The Kier molecular flexibility index (Phi) is 17.3. The van der Waals surface area contributed by atoms with Gasteiger partial charge in [0.1, 0.15) is 12.4 Å². The molecule has 0 aliphatic carbocycles. The molecule has 1 aromatic carbocycles. The zero-order valence-electron chi connectivity index (χ0n) is 20.9. The molecule has 0 aromatic heterocycles. The largest absolute Gasteiger partial charge is 0.489 e. The number of ether oxygens (including phenoxy) is 1. The molecule has 0 radical (unpaired) electrons. The molecule has 0 bridgehead atoms. The third kappa shape index (κ3) is 16.7. The molecule has 0 aliphatic rings. The minimum Gasteiger partial charge on any atom is -0.489 e. The van der Waals surface area contributed by atoms with E-state index in [4.69, 9.17) is 4.74 Å². The Labute approximate surface area is 197 Å². The van der Waals surface area contributed by atoms with Gasteiger partial charge in [-0.25, -0.2) is 0 Å². The monoisotopic (exact) mass is 444 g/mol. The van der Waals surface area contributed by atoms with Crippen LogP contribution in [0.5, 0.6) is 5.75 Å². The topological polar surface area (TPSA) is 50.4 Å². The van der Waals surface area contributed by atoms with Gasteiger partial charge in [0.15, 0.2) is 0 Å². The summed E-state index contributed by atoms with van der Waals surface area (Å²) in [7, 11) is 0. The number of amides is 1. The van der Waals surface area contributed by atoms with Crippen LogP contribution < -0.4 is 15.4 Å². The first-order valence-electron chi connectivity index (χ1n) is 13.0. The predicted octanol–water partition coefficient (Wildman–Crippen LogP) is 7.65. The smallest absolute Gasteiger partial charge is 0.239 e. The van der Waals surface area contributed by atoms with E-state index >= 15 is 0 Å². The molecular formula is C28H48N2O2. The number of carbonyl (C=O) groups excluding carboxylic acids is 1. The van der Waals surface area contributed by atoms with Crippen molar-refractivity contribution in [1.29, 1.82) is 0 Å². The average molecular weight is 445 g/mol. The third-order valence-electron chi connectivity index (χ3n) is 5.65. The first kappa shape index (κ1) is 28.1. The fourth-order valence-electron chi connectivity index (χ4n) is 3.67. The van der Waals surface area contributed by atoms with E-state index in [0.29, 0.717) is 13.2 Å². The number of hydrogen-bond acceptors (Lipinski definition) is 3. The van der Waals surface area contributed by atoms with Crippen molar-refractivity contribution in [2.75, 3.05) is 25.0 Å². The van der Waals surface area contributed by atoms with Crippen LogP contribution in [0, 0.1) is 0 Å². The van der Waals surface area contributed by atoms with Gasteiger partial charge in [0.25, 0.3) is 0 Å². The lowest BCUT2D eigenvalue weighted by molar-refractivity contribution is -0.119. The number of hydrogen-bond donors (Lipinski definition) is 2. The first-order chi connectivity index (χ1) is 15.6. The number of rotatable bonds is 21. The lowest BCUT2D eigenvalue weighted by Gasteiger charge is -2.09. The summed E-state index contributed by atoms with van der Waals surface area (Å²) in [6.45, 7) is 9.63. The normalized spacial score (nSPS) is 10.7. The average Bonchev–Trinajstić information content (AvgIpc) is 2.79. The fraction of sp³-hybridized carbons (Fsp3) is 0.679. The molecule has 1 amide bonds. The molecule has 0 heterocycles. The second kappa shape index (κ2) is 19.7. The van der Waals surface area contributed by atoms with Crippen molar-refractivity contribution in [2.24, 2.45) is 0 Å². The summed E-state index contributed by atoms with van der Waals surface area (Å²) in [5, 5.41) is 6.16. The highest BCUT2D eigenvalue weighted by Crippen LogP contribution is 2.16. The third-order valence-corrected chi connectivity index (χ3v) is 5.65. The highest BCUT2D eigenvalue weighted by atomic mass is 16.5. The molecular weight excluding hydrogens is 396 g/mol. The molecule has 0 saturated carbocycles. The highest BCUT2D eigenvalue weighted by molar-refractivity contribution is 5.80. The molecule has 0 aliphatic heterocycles. The number of unbranched alkanes of at least 4 members (excludes halogenated alkanes) is 13. The van der Waals surface area contributed by atoms with Gasteiger partial charge in [-0.05, 0) is 43.2 Å². The Morgan fingerprint density at radius 2 is 1.31 bits per heavy atom. The summed E-state index contributed by atoms with van der Waals surface area (Å²) >= 11 is 0. The van der Waals surface area contributed by atoms with Crippen LogP contribution in [0.15, 0.2) is 36.4 Å². The van der Waals surface area contributed by atoms with Crippen molar-refractivity contribution in [3.63, 3.8) is 0 Å². The summed E-state index contributed by atoms with van der Waals surface area (Å²) in [5.41, 5.74) is 1.90. The molecule has 32 heavy (non-hydrogen) atoms. The molecule has 2 N–H and O–H groups in total. The van der Waals surface area contributed by atoms with Crippen molar-refractivity contribution in [3.05, 3.63) is 36.4 Å². The van der Waals surface area contributed by atoms with Gasteiger partial charge in [0.05, 0.1) is 6.54 Å². The Bertz CT molecular complexity index is 598. The van der Waals surface area contributed by atoms with E-state index in [-0.39, 0.29) is 5.91 Å². The van der Waals surface area contributed by atoms with Gasteiger partial charge in [-0.1, -0.05) is 97.0 Å². The van der Waals surface area contributed by atoms with E-state index < -0.39 is 0 Å². The van der Waals surface area contributed by atoms with Gasteiger partial charge in [-0.3, -0.25) is 4.79 Å². The first-order valence-corrected chi connectivity index (χ1v) is 13.0. The van der Waals surface area contributed by atoms with Crippen LogP contribution >= 0.6 is 0 Å². The number of nitrogens with one attached hydrogen (secondary N) is 2. The molecule has 4 nitrogen and oxygen atoms in total.